The maximum atomic E-state index is 9.22. The zero-order valence-electron chi connectivity index (χ0n) is 11.2. The van der Waals surface area contributed by atoms with Crippen molar-refractivity contribution in [3.63, 3.8) is 0 Å². The Labute approximate surface area is 110 Å². The minimum atomic E-state index is -4.41. The highest BCUT2D eigenvalue weighted by atomic mass is 32.3. The predicted molar refractivity (Wildman–Crippen MR) is 69.5 cm³/mol. The van der Waals surface area contributed by atoms with Gasteiger partial charge in [0.2, 0.25) is 10.4 Å². The first-order valence-corrected chi connectivity index (χ1v) is 7.24. The molecular formula is C11H22N2O4S. The van der Waals surface area contributed by atoms with E-state index in [0.717, 1.165) is 11.6 Å². The summed E-state index contributed by atoms with van der Waals surface area (Å²) in [5, 5.41) is 0. The molecule has 1 aliphatic heterocycles. The van der Waals surface area contributed by atoms with Gasteiger partial charge in [0.25, 0.3) is 0 Å². The van der Waals surface area contributed by atoms with Crippen LogP contribution in [0.4, 0.5) is 0 Å². The topological polar surface area (TPSA) is 78.8 Å². The first-order valence-electron chi connectivity index (χ1n) is 5.91. The van der Waals surface area contributed by atoms with Gasteiger partial charge in [0.05, 0.1) is 26.9 Å². The van der Waals surface area contributed by atoms with Crippen molar-refractivity contribution in [2.24, 2.45) is 4.99 Å². The van der Waals surface area contributed by atoms with E-state index in [1.165, 1.54) is 32.2 Å². The molecule has 1 atom stereocenters. The Morgan fingerprint density at radius 1 is 1.33 bits per heavy atom. The summed E-state index contributed by atoms with van der Waals surface area (Å²) < 4.78 is 31.9. The lowest BCUT2D eigenvalue weighted by atomic mass is 10.2. The molecule has 0 bridgehead atoms. The number of hydrogen-bond acceptors (Lipinski definition) is 5. The zero-order chi connectivity index (χ0) is 14.1. The number of rotatable bonds is 6. The fraction of sp³-hybridized carbons (Fsp3) is 0.727. The van der Waals surface area contributed by atoms with Crippen LogP contribution >= 0.6 is 0 Å². The third-order valence-electron chi connectivity index (χ3n) is 2.52. The van der Waals surface area contributed by atoms with Crippen LogP contribution in [0.1, 0.15) is 32.6 Å². The van der Waals surface area contributed by atoms with E-state index in [0.29, 0.717) is 0 Å². The maximum absolute atomic E-state index is 9.22. The second kappa shape index (κ2) is 8.36. The summed E-state index contributed by atoms with van der Waals surface area (Å²) in [4.78, 5) is 4.10. The van der Waals surface area contributed by atoms with E-state index >= 15 is 0 Å². The van der Waals surface area contributed by atoms with Crippen LogP contribution in [0.5, 0.6) is 0 Å². The largest absolute Gasteiger partial charge is 0.726 e. The van der Waals surface area contributed by atoms with E-state index in [4.69, 9.17) is 0 Å². The molecule has 0 spiro atoms. The van der Waals surface area contributed by atoms with Crippen molar-refractivity contribution < 1.29 is 21.6 Å². The zero-order valence-corrected chi connectivity index (χ0v) is 12.0. The van der Waals surface area contributed by atoms with Crippen LogP contribution in [-0.4, -0.2) is 44.5 Å². The van der Waals surface area contributed by atoms with Gasteiger partial charge >= 0.3 is 0 Å². The van der Waals surface area contributed by atoms with Crippen LogP contribution in [0, 0.1) is 0 Å². The van der Waals surface area contributed by atoms with Crippen LogP contribution in [0.15, 0.2) is 17.4 Å². The van der Waals surface area contributed by atoms with Crippen molar-refractivity contribution in [1.82, 2.24) is 0 Å². The number of quaternary nitrogens is 1. The Hall–Kier alpha value is -0.760. The van der Waals surface area contributed by atoms with E-state index < -0.39 is 10.4 Å². The summed E-state index contributed by atoms with van der Waals surface area (Å²) in [5.41, 5.74) is 0. The minimum absolute atomic E-state index is 0.808. The second-order valence-corrected chi connectivity index (χ2v) is 5.42. The molecule has 0 saturated heterocycles. The van der Waals surface area contributed by atoms with Gasteiger partial charge in [0.1, 0.15) is 6.20 Å². The summed E-state index contributed by atoms with van der Waals surface area (Å²) in [5.74, 6) is 0. The van der Waals surface area contributed by atoms with E-state index in [1.54, 1.807) is 0 Å². The van der Waals surface area contributed by atoms with E-state index in [-0.39, 0.29) is 0 Å². The molecule has 1 unspecified atom stereocenters. The Morgan fingerprint density at radius 2 is 1.94 bits per heavy atom. The van der Waals surface area contributed by atoms with Gasteiger partial charge in [-0.15, -0.1) is 0 Å². The molecule has 0 aliphatic carbocycles. The van der Waals surface area contributed by atoms with Gasteiger partial charge in [-0.05, 0) is 12.8 Å². The molecule has 7 heteroatoms. The van der Waals surface area contributed by atoms with Crippen LogP contribution in [0.2, 0.25) is 0 Å². The molecule has 0 aromatic carbocycles. The lowest BCUT2D eigenvalue weighted by molar-refractivity contribution is -0.756. The van der Waals surface area contributed by atoms with E-state index in [9.17, 15) is 13.0 Å². The van der Waals surface area contributed by atoms with Crippen molar-refractivity contribution in [3.05, 3.63) is 12.4 Å². The highest BCUT2D eigenvalue weighted by Crippen LogP contribution is 2.10. The first-order chi connectivity index (χ1) is 8.33. The Balaban J connectivity index is 0.000000411. The first kappa shape index (κ1) is 17.2. The fourth-order valence-corrected chi connectivity index (χ4v) is 1.43. The predicted octanol–water partition coefficient (Wildman–Crippen LogP) is 1.62. The van der Waals surface area contributed by atoms with Gasteiger partial charge in [-0.25, -0.2) is 13.4 Å². The molecule has 18 heavy (non-hydrogen) atoms. The minimum Gasteiger partial charge on any atom is -0.726 e. The van der Waals surface area contributed by atoms with Gasteiger partial charge in [-0.3, -0.25) is 8.67 Å². The van der Waals surface area contributed by atoms with Crippen LogP contribution < -0.4 is 0 Å². The SMILES string of the molecule is CCCCCC[N+]1(C)C=CN=C1.COS(=O)(=O)[O-]. The number of nitrogens with zero attached hydrogens (tertiary/aromatic N) is 2. The maximum Gasteiger partial charge on any atom is 0.217 e. The molecule has 1 rings (SSSR count). The van der Waals surface area contributed by atoms with Crippen molar-refractivity contribution in [2.75, 3.05) is 20.7 Å². The Kier molecular flexibility index (Phi) is 8.01. The van der Waals surface area contributed by atoms with Crippen molar-refractivity contribution in [1.29, 1.82) is 0 Å². The lowest BCUT2D eigenvalue weighted by Gasteiger charge is -2.21. The molecular weight excluding hydrogens is 256 g/mol. The molecule has 0 saturated carbocycles. The molecule has 106 valence electrons. The standard InChI is InChI=1S/C10H19N2.CH4O4S/c1-3-4-5-6-8-12(2)9-7-11-10-12;1-5-6(2,3)4/h7,9-10H,3-6,8H2,1-2H3;1H3,(H,2,3,4)/q+1;/p-1. The normalized spacial score (nSPS) is 21.8. The van der Waals surface area contributed by atoms with Crippen LogP contribution in [-0.2, 0) is 14.6 Å². The Morgan fingerprint density at radius 3 is 2.33 bits per heavy atom. The number of hydrogen-bond donors (Lipinski definition) is 0. The van der Waals surface area contributed by atoms with Crippen LogP contribution in [0.3, 0.4) is 0 Å². The van der Waals surface area contributed by atoms with E-state index in [2.05, 4.69) is 29.3 Å². The smallest absolute Gasteiger partial charge is 0.217 e. The van der Waals surface area contributed by atoms with Gasteiger partial charge in [0.15, 0.2) is 6.34 Å². The van der Waals surface area contributed by atoms with Gasteiger partial charge < -0.3 is 4.55 Å². The summed E-state index contributed by atoms with van der Waals surface area (Å²) >= 11 is 0. The summed E-state index contributed by atoms with van der Waals surface area (Å²) in [6.45, 7) is 3.44. The van der Waals surface area contributed by atoms with E-state index in [1.807, 2.05) is 12.5 Å². The molecule has 0 aromatic heterocycles. The monoisotopic (exact) mass is 278 g/mol. The van der Waals surface area contributed by atoms with Gasteiger partial charge in [-0.1, -0.05) is 19.8 Å². The molecule has 1 heterocycles. The molecule has 0 N–H and O–H groups in total. The van der Waals surface area contributed by atoms with Gasteiger partial charge in [-0.2, -0.15) is 0 Å². The molecule has 0 fully saturated rings. The Bertz CT molecular complexity index is 365. The fourth-order valence-electron chi connectivity index (χ4n) is 1.43. The van der Waals surface area contributed by atoms with Crippen molar-refractivity contribution >= 4 is 16.7 Å². The lowest BCUT2D eigenvalue weighted by Crippen LogP contribution is -2.35. The highest BCUT2D eigenvalue weighted by molar-refractivity contribution is 7.80. The second-order valence-electron chi connectivity index (χ2n) is 4.27. The van der Waals surface area contributed by atoms with Gasteiger partial charge in [0, 0.05) is 0 Å². The average molecular weight is 278 g/mol. The quantitative estimate of drug-likeness (QED) is 0.320. The summed E-state index contributed by atoms with van der Waals surface area (Å²) in [7, 11) is -1.41. The van der Waals surface area contributed by atoms with Crippen molar-refractivity contribution in [2.45, 2.75) is 32.6 Å². The average Bonchev–Trinajstić information content (AvgIpc) is 2.72. The number of unbranched alkanes of at least 4 members (excludes halogenated alkanes) is 3. The summed E-state index contributed by atoms with van der Waals surface area (Å²) in [6.07, 6.45) is 11.4. The molecule has 0 aromatic rings. The third kappa shape index (κ3) is 9.29. The third-order valence-corrected chi connectivity index (χ3v) is 2.93. The number of aliphatic imine (C=N–C) groups is 1. The molecule has 0 radical (unpaired) electrons. The van der Waals surface area contributed by atoms with Crippen molar-refractivity contribution in [3.8, 4) is 0 Å². The molecule has 0 amide bonds. The summed E-state index contributed by atoms with van der Waals surface area (Å²) in [6, 6.07) is 0. The molecule has 6 nitrogen and oxygen atoms in total. The van der Waals surface area contributed by atoms with Crippen LogP contribution in [0.25, 0.3) is 0 Å². The highest BCUT2D eigenvalue weighted by Gasteiger charge is 2.17. The molecule has 1 aliphatic rings.